The second kappa shape index (κ2) is 4.46. The highest BCUT2D eigenvalue weighted by Crippen LogP contribution is 2.11. The number of nitrogens with zero attached hydrogens (tertiary/aromatic N) is 2. The Balaban J connectivity index is 2.46. The van der Waals surface area contributed by atoms with E-state index in [2.05, 4.69) is 0 Å². The maximum Gasteiger partial charge on any atom is 0.319 e. The van der Waals surface area contributed by atoms with Gasteiger partial charge in [0.15, 0.2) is 0 Å². The maximum absolute atomic E-state index is 11.5. The number of rotatable bonds is 0. The third-order valence-electron chi connectivity index (χ3n) is 2.35. The molecule has 1 aliphatic heterocycles. The highest BCUT2D eigenvalue weighted by molar-refractivity contribution is 5.73. The Morgan fingerprint density at radius 2 is 2.08 bits per heavy atom. The van der Waals surface area contributed by atoms with Crippen molar-refractivity contribution in [3.63, 3.8) is 0 Å². The van der Waals surface area contributed by atoms with Gasteiger partial charge in [-0.1, -0.05) is 0 Å². The smallest absolute Gasteiger partial charge is 0.319 e. The normalized spacial score (nSPS) is 23.9. The number of hydrogen-bond donors (Lipinski definition) is 1. The zero-order valence-corrected chi connectivity index (χ0v) is 8.36. The number of hydrogen-bond acceptors (Lipinski definition) is 2. The summed E-state index contributed by atoms with van der Waals surface area (Å²) in [4.78, 5) is 14.9. The van der Waals surface area contributed by atoms with E-state index in [1.54, 1.807) is 23.9 Å². The van der Waals surface area contributed by atoms with Gasteiger partial charge in [0.1, 0.15) is 0 Å². The van der Waals surface area contributed by atoms with Crippen molar-refractivity contribution in [3.05, 3.63) is 0 Å². The monoisotopic (exact) mass is 186 g/mol. The molecule has 4 nitrogen and oxygen atoms in total. The van der Waals surface area contributed by atoms with Gasteiger partial charge in [0.2, 0.25) is 0 Å². The fourth-order valence-corrected chi connectivity index (χ4v) is 1.55. The van der Waals surface area contributed by atoms with E-state index in [4.69, 9.17) is 0 Å². The van der Waals surface area contributed by atoms with E-state index in [9.17, 15) is 9.90 Å². The first kappa shape index (κ1) is 10.3. The fraction of sp³-hybridized carbons (Fsp3) is 0.889. The third kappa shape index (κ3) is 2.88. The summed E-state index contributed by atoms with van der Waals surface area (Å²) in [5.74, 6) is 0. The van der Waals surface area contributed by atoms with Gasteiger partial charge in [-0.15, -0.1) is 0 Å². The molecule has 0 aromatic rings. The quantitative estimate of drug-likeness (QED) is 0.599. The van der Waals surface area contributed by atoms with Crippen molar-refractivity contribution in [1.82, 2.24) is 9.80 Å². The average Bonchev–Trinajstić information content (AvgIpc) is 2.28. The second-order valence-electron chi connectivity index (χ2n) is 3.75. The van der Waals surface area contributed by atoms with Gasteiger partial charge in [-0.3, -0.25) is 0 Å². The Morgan fingerprint density at radius 3 is 2.69 bits per heavy atom. The molecule has 4 heteroatoms. The van der Waals surface area contributed by atoms with Crippen molar-refractivity contribution >= 4 is 6.03 Å². The molecule has 1 N–H and O–H groups in total. The second-order valence-corrected chi connectivity index (χ2v) is 3.75. The summed E-state index contributed by atoms with van der Waals surface area (Å²) in [6, 6.07) is 0.0501. The van der Waals surface area contributed by atoms with Crippen LogP contribution in [0.4, 0.5) is 4.79 Å². The number of aliphatic hydroxyl groups is 1. The number of carbonyl (C=O) groups excluding carboxylic acids is 1. The van der Waals surface area contributed by atoms with Gasteiger partial charge in [0.05, 0.1) is 6.10 Å². The predicted octanol–water partition coefficient (Wildman–Crippen LogP) is 0.515. The van der Waals surface area contributed by atoms with E-state index < -0.39 is 0 Å². The molecule has 13 heavy (non-hydrogen) atoms. The molecule has 0 aliphatic carbocycles. The van der Waals surface area contributed by atoms with Gasteiger partial charge in [0, 0.05) is 27.2 Å². The topological polar surface area (TPSA) is 43.8 Å². The summed E-state index contributed by atoms with van der Waals surface area (Å²) in [7, 11) is 3.51. The van der Waals surface area contributed by atoms with Gasteiger partial charge in [-0.2, -0.15) is 0 Å². The molecule has 0 bridgehead atoms. The van der Waals surface area contributed by atoms with Crippen molar-refractivity contribution < 1.29 is 9.90 Å². The number of likely N-dealkylation sites (tertiary alicyclic amines) is 1. The average molecular weight is 186 g/mol. The first-order valence-corrected chi connectivity index (χ1v) is 4.75. The molecule has 2 amide bonds. The number of amides is 2. The minimum absolute atomic E-state index is 0.0501. The summed E-state index contributed by atoms with van der Waals surface area (Å²) in [6.45, 7) is 1.45. The largest absolute Gasteiger partial charge is 0.393 e. The Kier molecular flexibility index (Phi) is 3.54. The lowest BCUT2D eigenvalue weighted by atomic mass is 10.2. The zero-order valence-electron chi connectivity index (χ0n) is 8.36. The van der Waals surface area contributed by atoms with Crippen molar-refractivity contribution in [2.24, 2.45) is 0 Å². The van der Waals surface area contributed by atoms with Crippen molar-refractivity contribution in [2.75, 3.05) is 27.2 Å². The summed E-state index contributed by atoms with van der Waals surface area (Å²) in [5, 5.41) is 9.38. The molecule has 0 saturated carbocycles. The predicted molar refractivity (Wildman–Crippen MR) is 50.5 cm³/mol. The molecule has 1 aliphatic rings. The van der Waals surface area contributed by atoms with Gasteiger partial charge < -0.3 is 14.9 Å². The molecule has 0 radical (unpaired) electrons. The lowest BCUT2D eigenvalue weighted by Gasteiger charge is -2.24. The first-order valence-electron chi connectivity index (χ1n) is 4.75. The summed E-state index contributed by atoms with van der Waals surface area (Å²) in [5.41, 5.74) is 0. The molecule has 1 fully saturated rings. The minimum Gasteiger partial charge on any atom is -0.393 e. The maximum atomic E-state index is 11.5. The Bertz CT molecular complexity index is 182. The molecule has 0 aromatic heterocycles. The molecule has 1 heterocycles. The number of urea groups is 1. The summed E-state index contributed by atoms with van der Waals surface area (Å²) in [6.07, 6.45) is 2.21. The molecule has 0 aromatic carbocycles. The van der Waals surface area contributed by atoms with E-state index in [1.165, 1.54) is 0 Å². The van der Waals surface area contributed by atoms with E-state index >= 15 is 0 Å². The van der Waals surface area contributed by atoms with Crippen LogP contribution in [-0.2, 0) is 0 Å². The van der Waals surface area contributed by atoms with Gasteiger partial charge >= 0.3 is 6.03 Å². The molecule has 1 unspecified atom stereocenters. The summed E-state index contributed by atoms with van der Waals surface area (Å²) < 4.78 is 0. The fourth-order valence-electron chi connectivity index (χ4n) is 1.55. The molecule has 0 spiro atoms. The molecule has 1 atom stereocenters. The Morgan fingerprint density at radius 1 is 1.38 bits per heavy atom. The van der Waals surface area contributed by atoms with Crippen LogP contribution in [0.2, 0.25) is 0 Å². The van der Waals surface area contributed by atoms with Crippen LogP contribution in [0.1, 0.15) is 19.3 Å². The third-order valence-corrected chi connectivity index (χ3v) is 2.35. The van der Waals surface area contributed by atoms with Crippen LogP contribution >= 0.6 is 0 Å². The van der Waals surface area contributed by atoms with E-state index in [0.717, 1.165) is 19.4 Å². The van der Waals surface area contributed by atoms with Crippen LogP contribution in [0.3, 0.4) is 0 Å². The van der Waals surface area contributed by atoms with E-state index in [0.29, 0.717) is 13.0 Å². The van der Waals surface area contributed by atoms with Gasteiger partial charge in [-0.25, -0.2) is 4.79 Å². The zero-order chi connectivity index (χ0) is 9.84. The SMILES string of the molecule is CN(C)C(=O)N1CCCC(O)CC1. The van der Waals surface area contributed by atoms with Gasteiger partial charge in [0.25, 0.3) is 0 Å². The van der Waals surface area contributed by atoms with E-state index in [1.807, 2.05) is 0 Å². The van der Waals surface area contributed by atoms with Crippen LogP contribution < -0.4 is 0 Å². The van der Waals surface area contributed by atoms with Crippen LogP contribution in [0, 0.1) is 0 Å². The number of aliphatic hydroxyl groups excluding tert-OH is 1. The Hall–Kier alpha value is -0.770. The lowest BCUT2D eigenvalue weighted by Crippen LogP contribution is -2.39. The number of carbonyl (C=O) groups is 1. The van der Waals surface area contributed by atoms with E-state index in [-0.39, 0.29) is 12.1 Å². The minimum atomic E-state index is -0.222. The van der Waals surface area contributed by atoms with Crippen LogP contribution in [0.25, 0.3) is 0 Å². The van der Waals surface area contributed by atoms with Gasteiger partial charge in [-0.05, 0) is 19.3 Å². The summed E-state index contributed by atoms with van der Waals surface area (Å²) >= 11 is 0. The highest BCUT2D eigenvalue weighted by Gasteiger charge is 2.19. The van der Waals surface area contributed by atoms with Crippen LogP contribution in [-0.4, -0.2) is 54.2 Å². The molecule has 76 valence electrons. The molecular weight excluding hydrogens is 168 g/mol. The van der Waals surface area contributed by atoms with Crippen molar-refractivity contribution in [1.29, 1.82) is 0 Å². The van der Waals surface area contributed by atoms with Crippen molar-refractivity contribution in [3.8, 4) is 0 Å². The molecular formula is C9H18N2O2. The molecule has 1 rings (SSSR count). The molecule has 1 saturated heterocycles. The highest BCUT2D eigenvalue weighted by atomic mass is 16.3. The van der Waals surface area contributed by atoms with Crippen LogP contribution in [0.15, 0.2) is 0 Å². The Labute approximate surface area is 79.1 Å². The first-order chi connectivity index (χ1) is 6.11. The van der Waals surface area contributed by atoms with Crippen molar-refractivity contribution in [2.45, 2.75) is 25.4 Å². The van der Waals surface area contributed by atoms with Crippen LogP contribution in [0.5, 0.6) is 0 Å². The lowest BCUT2D eigenvalue weighted by molar-refractivity contribution is 0.150. The standard InChI is InChI=1S/C9H18N2O2/c1-10(2)9(13)11-6-3-4-8(12)5-7-11/h8,12H,3-7H2,1-2H3.